The maximum absolute atomic E-state index is 11.9. The molecular formula is C16H15Cl3N2O2. The van der Waals surface area contributed by atoms with E-state index in [9.17, 15) is 4.79 Å². The Balaban J connectivity index is 1.84. The SMILES string of the molecule is COc1ccc(NCCC(=O)Nc2ccc(Cl)cc2Cl)cc1Cl. The van der Waals surface area contributed by atoms with Gasteiger partial charge in [0.2, 0.25) is 5.91 Å². The number of rotatable bonds is 6. The van der Waals surface area contributed by atoms with Gasteiger partial charge in [0.05, 0.1) is 22.8 Å². The van der Waals surface area contributed by atoms with Gasteiger partial charge in [-0.15, -0.1) is 0 Å². The first-order valence-corrected chi connectivity index (χ1v) is 7.95. The zero-order chi connectivity index (χ0) is 16.8. The van der Waals surface area contributed by atoms with Gasteiger partial charge in [0.1, 0.15) is 5.75 Å². The summed E-state index contributed by atoms with van der Waals surface area (Å²) in [6, 6.07) is 10.3. The lowest BCUT2D eigenvalue weighted by Gasteiger charge is -2.10. The molecule has 1 amide bonds. The highest BCUT2D eigenvalue weighted by Crippen LogP contribution is 2.27. The fourth-order valence-electron chi connectivity index (χ4n) is 1.90. The molecule has 122 valence electrons. The maximum atomic E-state index is 11.9. The molecule has 4 nitrogen and oxygen atoms in total. The van der Waals surface area contributed by atoms with Crippen LogP contribution in [0.3, 0.4) is 0 Å². The van der Waals surface area contributed by atoms with Crippen LogP contribution in [0.1, 0.15) is 6.42 Å². The number of hydrogen-bond donors (Lipinski definition) is 2. The highest BCUT2D eigenvalue weighted by atomic mass is 35.5. The van der Waals surface area contributed by atoms with Crippen molar-refractivity contribution in [3.05, 3.63) is 51.5 Å². The van der Waals surface area contributed by atoms with E-state index in [1.54, 1.807) is 37.4 Å². The van der Waals surface area contributed by atoms with Crippen LogP contribution in [0.5, 0.6) is 5.75 Å². The number of benzene rings is 2. The lowest BCUT2D eigenvalue weighted by molar-refractivity contribution is -0.115. The molecule has 0 heterocycles. The van der Waals surface area contributed by atoms with Crippen LogP contribution < -0.4 is 15.4 Å². The second-order valence-electron chi connectivity index (χ2n) is 4.70. The van der Waals surface area contributed by atoms with Crippen molar-refractivity contribution < 1.29 is 9.53 Å². The first-order valence-electron chi connectivity index (χ1n) is 6.82. The highest BCUT2D eigenvalue weighted by molar-refractivity contribution is 6.36. The van der Waals surface area contributed by atoms with Crippen LogP contribution in [0, 0.1) is 0 Å². The number of halogens is 3. The van der Waals surface area contributed by atoms with Crippen LogP contribution in [0.2, 0.25) is 15.1 Å². The Bertz CT molecular complexity index is 708. The minimum Gasteiger partial charge on any atom is -0.495 e. The van der Waals surface area contributed by atoms with E-state index >= 15 is 0 Å². The van der Waals surface area contributed by atoms with E-state index in [1.807, 2.05) is 6.07 Å². The molecule has 0 unspecified atom stereocenters. The molecule has 0 aliphatic rings. The van der Waals surface area contributed by atoms with E-state index < -0.39 is 0 Å². The van der Waals surface area contributed by atoms with E-state index in [2.05, 4.69) is 10.6 Å². The van der Waals surface area contributed by atoms with Crippen molar-refractivity contribution in [1.29, 1.82) is 0 Å². The molecule has 23 heavy (non-hydrogen) atoms. The van der Waals surface area contributed by atoms with Gasteiger partial charge in [-0.1, -0.05) is 34.8 Å². The molecule has 2 aromatic rings. The molecule has 0 saturated carbocycles. The number of nitrogens with one attached hydrogen (secondary N) is 2. The quantitative estimate of drug-likeness (QED) is 0.741. The summed E-state index contributed by atoms with van der Waals surface area (Å²) in [5.74, 6) is 0.452. The Hall–Kier alpha value is -1.62. The fraction of sp³-hybridized carbons (Fsp3) is 0.188. The van der Waals surface area contributed by atoms with Crippen molar-refractivity contribution in [3.63, 3.8) is 0 Å². The zero-order valence-corrected chi connectivity index (χ0v) is 14.6. The molecule has 0 fully saturated rings. The molecule has 0 spiro atoms. The minimum atomic E-state index is -0.152. The monoisotopic (exact) mass is 372 g/mol. The van der Waals surface area contributed by atoms with Gasteiger partial charge in [-0.05, 0) is 36.4 Å². The molecule has 0 aromatic heterocycles. The first-order chi connectivity index (χ1) is 11.0. The number of amides is 1. The van der Waals surface area contributed by atoms with Gasteiger partial charge in [-0.3, -0.25) is 4.79 Å². The number of anilines is 2. The van der Waals surface area contributed by atoms with Crippen LogP contribution in [-0.2, 0) is 4.79 Å². The average molecular weight is 374 g/mol. The molecule has 0 atom stereocenters. The van der Waals surface area contributed by atoms with Gasteiger partial charge in [0.15, 0.2) is 0 Å². The normalized spacial score (nSPS) is 10.3. The summed E-state index contributed by atoms with van der Waals surface area (Å²) in [4.78, 5) is 11.9. The summed E-state index contributed by atoms with van der Waals surface area (Å²) >= 11 is 17.9. The summed E-state index contributed by atoms with van der Waals surface area (Å²) in [6.45, 7) is 0.458. The molecule has 0 aliphatic heterocycles. The molecule has 7 heteroatoms. The average Bonchev–Trinajstić information content (AvgIpc) is 2.50. The van der Waals surface area contributed by atoms with E-state index in [4.69, 9.17) is 39.5 Å². The van der Waals surface area contributed by atoms with Gasteiger partial charge in [-0.2, -0.15) is 0 Å². The molecular weight excluding hydrogens is 359 g/mol. The largest absolute Gasteiger partial charge is 0.495 e. The molecule has 2 rings (SSSR count). The van der Waals surface area contributed by atoms with E-state index in [0.717, 1.165) is 5.69 Å². The van der Waals surface area contributed by atoms with Crippen LogP contribution in [0.25, 0.3) is 0 Å². The van der Waals surface area contributed by atoms with Crippen molar-refractivity contribution in [2.75, 3.05) is 24.3 Å². The number of ether oxygens (including phenoxy) is 1. The van der Waals surface area contributed by atoms with Gasteiger partial charge < -0.3 is 15.4 Å². The summed E-state index contributed by atoms with van der Waals surface area (Å²) in [6.07, 6.45) is 0.280. The number of carbonyl (C=O) groups excluding carboxylic acids is 1. The summed E-state index contributed by atoms with van der Waals surface area (Å²) in [7, 11) is 1.56. The van der Waals surface area contributed by atoms with Gasteiger partial charge in [0, 0.05) is 23.7 Å². The smallest absolute Gasteiger partial charge is 0.226 e. The molecule has 0 aliphatic carbocycles. The highest BCUT2D eigenvalue weighted by Gasteiger charge is 2.07. The third kappa shape index (κ3) is 5.20. The van der Waals surface area contributed by atoms with E-state index in [1.165, 1.54) is 0 Å². The second-order valence-corrected chi connectivity index (χ2v) is 5.95. The lowest BCUT2D eigenvalue weighted by atomic mass is 10.2. The van der Waals surface area contributed by atoms with Crippen LogP contribution in [-0.4, -0.2) is 19.6 Å². The molecule has 2 aromatic carbocycles. The topological polar surface area (TPSA) is 50.4 Å². The molecule has 0 radical (unpaired) electrons. The summed E-state index contributed by atoms with van der Waals surface area (Å²) in [5.41, 5.74) is 1.35. The van der Waals surface area contributed by atoms with Crippen molar-refractivity contribution in [1.82, 2.24) is 0 Å². The minimum absolute atomic E-state index is 0.152. The van der Waals surface area contributed by atoms with Gasteiger partial charge in [-0.25, -0.2) is 0 Å². The first kappa shape index (κ1) is 17.7. The van der Waals surface area contributed by atoms with Crippen LogP contribution in [0.15, 0.2) is 36.4 Å². The predicted molar refractivity (Wildman–Crippen MR) is 96.2 cm³/mol. The van der Waals surface area contributed by atoms with Crippen molar-refractivity contribution in [2.45, 2.75) is 6.42 Å². The van der Waals surface area contributed by atoms with Crippen molar-refractivity contribution in [3.8, 4) is 5.75 Å². The molecule has 0 saturated heterocycles. The Kier molecular flexibility index (Phi) is 6.39. The summed E-state index contributed by atoms with van der Waals surface area (Å²) < 4.78 is 5.08. The van der Waals surface area contributed by atoms with Crippen LogP contribution in [0.4, 0.5) is 11.4 Å². The van der Waals surface area contributed by atoms with Crippen LogP contribution >= 0.6 is 34.8 Å². The second kappa shape index (κ2) is 8.29. The Morgan fingerprint density at radius 3 is 2.52 bits per heavy atom. The van der Waals surface area contributed by atoms with Crippen molar-refractivity contribution in [2.24, 2.45) is 0 Å². The van der Waals surface area contributed by atoms with E-state index in [0.29, 0.717) is 33.0 Å². The van der Waals surface area contributed by atoms with Gasteiger partial charge in [0.25, 0.3) is 0 Å². The standard InChI is InChI=1S/C16H15Cl3N2O2/c1-23-15-5-3-11(9-13(15)19)20-7-6-16(22)21-14-4-2-10(17)8-12(14)18/h2-5,8-9,20H,6-7H2,1H3,(H,21,22). The Morgan fingerprint density at radius 1 is 1.09 bits per heavy atom. The zero-order valence-electron chi connectivity index (χ0n) is 12.3. The molecule has 0 bridgehead atoms. The number of hydrogen-bond acceptors (Lipinski definition) is 3. The number of methoxy groups -OCH3 is 1. The van der Waals surface area contributed by atoms with Gasteiger partial charge >= 0.3 is 0 Å². The summed E-state index contributed by atoms with van der Waals surface area (Å²) in [5, 5.41) is 7.29. The number of carbonyl (C=O) groups is 1. The Morgan fingerprint density at radius 2 is 1.87 bits per heavy atom. The van der Waals surface area contributed by atoms with Crippen molar-refractivity contribution >= 4 is 52.1 Å². The molecule has 2 N–H and O–H groups in total. The third-order valence-electron chi connectivity index (χ3n) is 3.04. The third-order valence-corrected chi connectivity index (χ3v) is 3.88. The van der Waals surface area contributed by atoms with E-state index in [-0.39, 0.29) is 12.3 Å². The fourth-order valence-corrected chi connectivity index (χ4v) is 2.61. The predicted octanol–water partition coefficient (Wildman–Crippen LogP) is 5.10. The Labute approximate surface area is 149 Å². The lowest BCUT2D eigenvalue weighted by Crippen LogP contribution is -2.16. The maximum Gasteiger partial charge on any atom is 0.226 e.